The van der Waals surface area contributed by atoms with E-state index in [1.54, 1.807) is 24.3 Å². The molecule has 29 heavy (non-hydrogen) atoms. The molecule has 0 N–H and O–H groups in total. The predicted octanol–water partition coefficient (Wildman–Crippen LogP) is 7.37. The fourth-order valence-corrected chi connectivity index (χ4v) is 4.16. The Morgan fingerprint density at radius 1 is 0.931 bits per heavy atom. The van der Waals surface area contributed by atoms with Crippen molar-refractivity contribution in [3.05, 3.63) is 54.1 Å². The number of rotatable bonds is 9. The van der Waals surface area contributed by atoms with E-state index in [2.05, 4.69) is 6.92 Å². The van der Waals surface area contributed by atoms with E-state index in [9.17, 15) is 8.78 Å². The normalized spacial score (nSPS) is 20.4. The van der Waals surface area contributed by atoms with Crippen LogP contribution in [-0.4, -0.2) is 12.9 Å². The zero-order valence-electron chi connectivity index (χ0n) is 17.5. The molecule has 0 amide bonds. The van der Waals surface area contributed by atoms with Crippen molar-refractivity contribution in [3.8, 4) is 16.9 Å². The molecule has 1 atom stereocenters. The zero-order chi connectivity index (χ0) is 20.6. The summed E-state index contributed by atoms with van der Waals surface area (Å²) in [7, 11) is 0. The SMILES string of the molecule is CCC[C@H]1CC[C@H](COC(CC)Oc2ccc(-c3cccc(F)c3)cc2F)CC1. The summed E-state index contributed by atoms with van der Waals surface area (Å²) in [6, 6.07) is 10.9. The molecule has 2 aromatic rings. The second kappa shape index (κ2) is 10.7. The van der Waals surface area contributed by atoms with Crippen LogP contribution in [0.25, 0.3) is 11.1 Å². The summed E-state index contributed by atoms with van der Waals surface area (Å²) in [4.78, 5) is 0. The molecule has 1 aliphatic rings. The number of ether oxygens (including phenoxy) is 2. The van der Waals surface area contributed by atoms with Crippen LogP contribution in [0.2, 0.25) is 0 Å². The fourth-order valence-electron chi connectivity index (χ4n) is 4.16. The van der Waals surface area contributed by atoms with Gasteiger partial charge in [0, 0.05) is 6.42 Å². The van der Waals surface area contributed by atoms with Crippen LogP contribution >= 0.6 is 0 Å². The quantitative estimate of drug-likeness (QED) is 0.408. The van der Waals surface area contributed by atoms with Crippen molar-refractivity contribution in [2.24, 2.45) is 11.8 Å². The summed E-state index contributed by atoms with van der Waals surface area (Å²) in [6.45, 7) is 4.89. The Balaban J connectivity index is 1.54. The highest BCUT2D eigenvalue weighted by Gasteiger charge is 2.22. The van der Waals surface area contributed by atoms with Gasteiger partial charge >= 0.3 is 0 Å². The third kappa shape index (κ3) is 6.27. The first-order chi connectivity index (χ1) is 14.1. The lowest BCUT2D eigenvalue weighted by Crippen LogP contribution is -2.26. The average molecular weight is 403 g/mol. The van der Waals surface area contributed by atoms with Crippen LogP contribution in [0, 0.1) is 23.5 Å². The van der Waals surface area contributed by atoms with Crippen LogP contribution in [0.4, 0.5) is 8.78 Å². The lowest BCUT2D eigenvalue weighted by Gasteiger charge is -2.29. The van der Waals surface area contributed by atoms with Crippen molar-refractivity contribution in [2.45, 2.75) is 65.1 Å². The van der Waals surface area contributed by atoms with E-state index in [1.165, 1.54) is 56.7 Å². The second-order valence-corrected chi connectivity index (χ2v) is 8.12. The Morgan fingerprint density at radius 3 is 2.31 bits per heavy atom. The van der Waals surface area contributed by atoms with Gasteiger partial charge in [0.25, 0.3) is 0 Å². The molecular formula is C25H32F2O2. The summed E-state index contributed by atoms with van der Waals surface area (Å²) in [5, 5.41) is 0. The van der Waals surface area contributed by atoms with Gasteiger partial charge in [0.1, 0.15) is 5.82 Å². The monoisotopic (exact) mass is 402 g/mol. The maximum absolute atomic E-state index is 14.6. The maximum atomic E-state index is 14.6. The summed E-state index contributed by atoms with van der Waals surface area (Å²) < 4.78 is 39.7. The molecule has 0 aromatic heterocycles. The molecular weight excluding hydrogens is 370 g/mol. The van der Waals surface area contributed by atoms with Crippen LogP contribution in [0.15, 0.2) is 42.5 Å². The molecule has 1 aliphatic carbocycles. The highest BCUT2D eigenvalue weighted by molar-refractivity contribution is 5.64. The molecule has 0 aliphatic heterocycles. The van der Waals surface area contributed by atoms with Gasteiger partial charge in [-0.25, -0.2) is 8.78 Å². The Morgan fingerprint density at radius 2 is 1.66 bits per heavy atom. The van der Waals surface area contributed by atoms with Crippen molar-refractivity contribution in [1.82, 2.24) is 0 Å². The van der Waals surface area contributed by atoms with Gasteiger partial charge in [-0.05, 0) is 60.1 Å². The van der Waals surface area contributed by atoms with Crippen molar-refractivity contribution in [3.63, 3.8) is 0 Å². The lowest BCUT2D eigenvalue weighted by molar-refractivity contribution is -0.0982. The third-order valence-electron chi connectivity index (χ3n) is 5.86. The molecule has 0 heterocycles. The smallest absolute Gasteiger partial charge is 0.199 e. The molecule has 158 valence electrons. The Hall–Kier alpha value is -1.94. The second-order valence-electron chi connectivity index (χ2n) is 8.12. The summed E-state index contributed by atoms with van der Waals surface area (Å²) >= 11 is 0. The molecule has 0 bridgehead atoms. The zero-order valence-corrected chi connectivity index (χ0v) is 17.5. The van der Waals surface area contributed by atoms with Crippen LogP contribution in [-0.2, 0) is 4.74 Å². The van der Waals surface area contributed by atoms with E-state index in [4.69, 9.17) is 9.47 Å². The Bertz CT molecular complexity index is 769. The first kappa shape index (κ1) is 21.8. The number of hydrogen-bond acceptors (Lipinski definition) is 2. The highest BCUT2D eigenvalue weighted by Crippen LogP contribution is 2.32. The molecule has 2 aromatic carbocycles. The summed E-state index contributed by atoms with van der Waals surface area (Å²) in [5.74, 6) is 0.810. The van der Waals surface area contributed by atoms with E-state index in [0.29, 0.717) is 30.1 Å². The number of hydrogen-bond donors (Lipinski definition) is 0. The first-order valence-corrected chi connectivity index (χ1v) is 10.9. The summed E-state index contributed by atoms with van der Waals surface area (Å²) in [6.07, 6.45) is 7.77. The molecule has 0 spiro atoms. The maximum Gasteiger partial charge on any atom is 0.199 e. The van der Waals surface area contributed by atoms with Crippen LogP contribution < -0.4 is 4.74 Å². The van der Waals surface area contributed by atoms with E-state index >= 15 is 0 Å². The number of benzene rings is 2. The summed E-state index contributed by atoms with van der Waals surface area (Å²) in [5.41, 5.74) is 1.25. The molecule has 3 rings (SSSR count). The molecule has 1 saturated carbocycles. The topological polar surface area (TPSA) is 18.5 Å². The van der Waals surface area contributed by atoms with Gasteiger partial charge in [-0.3, -0.25) is 0 Å². The van der Waals surface area contributed by atoms with E-state index in [-0.39, 0.29) is 11.6 Å². The van der Waals surface area contributed by atoms with Gasteiger partial charge in [-0.2, -0.15) is 0 Å². The molecule has 1 unspecified atom stereocenters. The molecule has 0 saturated heterocycles. The van der Waals surface area contributed by atoms with E-state index < -0.39 is 12.1 Å². The van der Waals surface area contributed by atoms with E-state index in [0.717, 1.165) is 5.92 Å². The minimum absolute atomic E-state index is 0.170. The van der Waals surface area contributed by atoms with Crippen molar-refractivity contribution in [2.75, 3.05) is 6.61 Å². The Kier molecular flexibility index (Phi) is 8.05. The molecule has 1 fully saturated rings. The van der Waals surface area contributed by atoms with Gasteiger partial charge in [-0.15, -0.1) is 0 Å². The van der Waals surface area contributed by atoms with Crippen molar-refractivity contribution < 1.29 is 18.3 Å². The van der Waals surface area contributed by atoms with Gasteiger partial charge in [0.2, 0.25) is 0 Å². The Labute approximate surface area is 173 Å². The van der Waals surface area contributed by atoms with Crippen LogP contribution in [0.1, 0.15) is 58.8 Å². The minimum atomic E-state index is -0.464. The largest absolute Gasteiger partial charge is 0.462 e. The number of halogens is 2. The van der Waals surface area contributed by atoms with Gasteiger partial charge in [-0.1, -0.05) is 57.7 Å². The molecule has 4 heteroatoms. The molecule has 2 nitrogen and oxygen atoms in total. The van der Waals surface area contributed by atoms with E-state index in [1.807, 2.05) is 6.92 Å². The van der Waals surface area contributed by atoms with Gasteiger partial charge in [0.15, 0.2) is 17.9 Å². The third-order valence-corrected chi connectivity index (χ3v) is 5.86. The highest BCUT2D eigenvalue weighted by atomic mass is 19.1. The van der Waals surface area contributed by atoms with Crippen molar-refractivity contribution in [1.29, 1.82) is 0 Å². The minimum Gasteiger partial charge on any atom is -0.462 e. The predicted molar refractivity (Wildman–Crippen MR) is 113 cm³/mol. The van der Waals surface area contributed by atoms with Crippen LogP contribution in [0.3, 0.4) is 0 Å². The van der Waals surface area contributed by atoms with Gasteiger partial charge < -0.3 is 9.47 Å². The fraction of sp³-hybridized carbons (Fsp3) is 0.520. The lowest BCUT2D eigenvalue weighted by atomic mass is 9.80. The first-order valence-electron chi connectivity index (χ1n) is 10.9. The standard InChI is InChI=1S/C25H32F2O2/c1-3-6-18-9-11-19(12-10-18)17-28-25(4-2)29-24-14-13-21(16-23(24)27)20-7-5-8-22(26)15-20/h5,7-8,13-16,18-19,25H,3-4,6,9-12,17H2,1-2H3/t18-,19-,25?. The van der Waals surface area contributed by atoms with Crippen molar-refractivity contribution >= 4 is 0 Å². The van der Waals surface area contributed by atoms with Crippen LogP contribution in [0.5, 0.6) is 5.75 Å². The average Bonchev–Trinajstić information content (AvgIpc) is 2.73. The molecule has 0 radical (unpaired) electrons. The van der Waals surface area contributed by atoms with Gasteiger partial charge in [0.05, 0.1) is 6.61 Å².